The van der Waals surface area contributed by atoms with E-state index in [0.29, 0.717) is 11.4 Å². The van der Waals surface area contributed by atoms with Crippen molar-refractivity contribution in [3.8, 4) is 0 Å². The first-order valence-corrected chi connectivity index (χ1v) is 7.55. The van der Waals surface area contributed by atoms with E-state index in [1.165, 1.54) is 13.0 Å². The summed E-state index contributed by atoms with van der Waals surface area (Å²) in [7, 11) is 1.76. The molecule has 0 radical (unpaired) electrons. The predicted octanol–water partition coefficient (Wildman–Crippen LogP) is 3.01. The highest BCUT2D eigenvalue weighted by Crippen LogP contribution is 2.20. The highest BCUT2D eigenvalue weighted by atomic mass is 35.5. The summed E-state index contributed by atoms with van der Waals surface area (Å²) >= 11 is 5.81. The van der Waals surface area contributed by atoms with E-state index in [1.807, 2.05) is 6.92 Å². The lowest BCUT2D eigenvalue weighted by atomic mass is 10.2. The standard InChI is InChI=1S/C16H17ClFN3O3/c1-8-14(9(2)21(4)20-8)19-15(22)10(3)24-16(23)12-6-5-11(18)7-13(12)17/h5-7,10H,1-4H3,(H,19,22)/t10-/m1/s1. The molecule has 0 aliphatic heterocycles. The molecule has 1 amide bonds. The van der Waals surface area contributed by atoms with Gasteiger partial charge in [-0.15, -0.1) is 0 Å². The van der Waals surface area contributed by atoms with E-state index in [-0.39, 0.29) is 10.6 Å². The molecule has 1 aromatic heterocycles. The van der Waals surface area contributed by atoms with E-state index in [2.05, 4.69) is 10.4 Å². The van der Waals surface area contributed by atoms with Gasteiger partial charge in [0, 0.05) is 7.05 Å². The van der Waals surface area contributed by atoms with E-state index in [9.17, 15) is 14.0 Å². The fraction of sp³-hybridized carbons (Fsp3) is 0.312. The molecule has 0 saturated carbocycles. The van der Waals surface area contributed by atoms with Gasteiger partial charge < -0.3 is 10.1 Å². The Morgan fingerprint density at radius 2 is 2.04 bits per heavy atom. The van der Waals surface area contributed by atoms with Crippen molar-refractivity contribution in [3.05, 3.63) is 46.0 Å². The minimum absolute atomic E-state index is 0.00791. The average molecular weight is 354 g/mol. The summed E-state index contributed by atoms with van der Waals surface area (Å²) in [6.07, 6.45) is -1.06. The van der Waals surface area contributed by atoms with E-state index in [1.54, 1.807) is 18.7 Å². The number of benzene rings is 1. The van der Waals surface area contributed by atoms with Gasteiger partial charge in [-0.05, 0) is 39.0 Å². The van der Waals surface area contributed by atoms with Gasteiger partial charge in [-0.3, -0.25) is 9.48 Å². The van der Waals surface area contributed by atoms with E-state index < -0.39 is 23.8 Å². The maximum Gasteiger partial charge on any atom is 0.340 e. The van der Waals surface area contributed by atoms with Crippen LogP contribution in [-0.2, 0) is 16.6 Å². The number of nitrogens with one attached hydrogen (secondary N) is 1. The molecule has 0 unspecified atom stereocenters. The number of aryl methyl sites for hydroxylation is 2. The number of hydrogen-bond acceptors (Lipinski definition) is 4. The second-order valence-electron chi connectivity index (χ2n) is 5.33. The van der Waals surface area contributed by atoms with Gasteiger partial charge in [0.05, 0.1) is 27.7 Å². The summed E-state index contributed by atoms with van der Waals surface area (Å²) < 4.78 is 19.7. The first-order valence-electron chi connectivity index (χ1n) is 7.17. The number of aromatic nitrogens is 2. The predicted molar refractivity (Wildman–Crippen MR) is 87.6 cm³/mol. The molecule has 0 aliphatic carbocycles. The number of amides is 1. The van der Waals surface area contributed by atoms with Gasteiger partial charge in [0.1, 0.15) is 5.82 Å². The Kier molecular flexibility index (Phi) is 5.23. The quantitative estimate of drug-likeness (QED) is 0.857. The molecule has 0 saturated heterocycles. The van der Waals surface area contributed by atoms with Crippen molar-refractivity contribution in [1.82, 2.24) is 9.78 Å². The lowest BCUT2D eigenvalue weighted by Crippen LogP contribution is -2.30. The molecule has 0 aliphatic rings. The van der Waals surface area contributed by atoms with Crippen molar-refractivity contribution in [3.63, 3.8) is 0 Å². The molecule has 1 N–H and O–H groups in total. The zero-order valence-corrected chi connectivity index (χ0v) is 14.4. The summed E-state index contributed by atoms with van der Waals surface area (Å²) in [5, 5.41) is 6.80. The summed E-state index contributed by atoms with van der Waals surface area (Å²) in [6.45, 7) is 5.01. The number of hydrogen-bond donors (Lipinski definition) is 1. The number of rotatable bonds is 4. The number of ether oxygens (including phenoxy) is 1. The Morgan fingerprint density at radius 1 is 1.38 bits per heavy atom. The van der Waals surface area contributed by atoms with Gasteiger partial charge in [-0.25, -0.2) is 9.18 Å². The third-order valence-corrected chi connectivity index (χ3v) is 3.87. The molecule has 1 atom stereocenters. The van der Waals surface area contributed by atoms with E-state index in [4.69, 9.17) is 16.3 Å². The number of nitrogens with zero attached hydrogens (tertiary/aromatic N) is 2. The minimum Gasteiger partial charge on any atom is -0.449 e. The number of carbonyl (C=O) groups excluding carboxylic acids is 2. The maximum absolute atomic E-state index is 13.0. The fourth-order valence-electron chi connectivity index (χ4n) is 2.11. The fourth-order valence-corrected chi connectivity index (χ4v) is 2.36. The second kappa shape index (κ2) is 7.00. The Balaban J connectivity index is 2.07. The molecule has 8 heteroatoms. The van der Waals surface area contributed by atoms with Crippen LogP contribution in [0.2, 0.25) is 5.02 Å². The normalized spacial score (nSPS) is 11.9. The Hall–Kier alpha value is -2.41. The van der Waals surface area contributed by atoms with Crippen LogP contribution in [0.15, 0.2) is 18.2 Å². The molecule has 0 fully saturated rings. The summed E-state index contributed by atoms with van der Waals surface area (Å²) in [4.78, 5) is 24.3. The number of carbonyl (C=O) groups is 2. The molecule has 128 valence electrons. The van der Waals surface area contributed by atoms with Crippen molar-refractivity contribution in [2.24, 2.45) is 7.05 Å². The Bertz CT molecular complexity index is 804. The number of anilines is 1. The average Bonchev–Trinajstić information content (AvgIpc) is 2.73. The van der Waals surface area contributed by atoms with Gasteiger partial charge >= 0.3 is 5.97 Å². The molecule has 2 rings (SSSR count). The smallest absolute Gasteiger partial charge is 0.340 e. The third-order valence-electron chi connectivity index (χ3n) is 3.56. The second-order valence-corrected chi connectivity index (χ2v) is 5.74. The van der Waals surface area contributed by atoms with Gasteiger partial charge in [-0.2, -0.15) is 5.10 Å². The Morgan fingerprint density at radius 3 is 2.58 bits per heavy atom. The molecule has 1 heterocycles. The van der Waals surface area contributed by atoms with E-state index >= 15 is 0 Å². The summed E-state index contributed by atoms with van der Waals surface area (Å²) in [6, 6.07) is 3.31. The van der Waals surface area contributed by atoms with Crippen LogP contribution in [0.25, 0.3) is 0 Å². The van der Waals surface area contributed by atoms with Crippen LogP contribution in [0.4, 0.5) is 10.1 Å². The van der Waals surface area contributed by atoms with Crippen LogP contribution in [-0.4, -0.2) is 27.8 Å². The van der Waals surface area contributed by atoms with Crippen LogP contribution in [0, 0.1) is 19.7 Å². The SMILES string of the molecule is Cc1nn(C)c(C)c1NC(=O)[C@@H](C)OC(=O)c1ccc(F)cc1Cl. The molecule has 0 bridgehead atoms. The lowest BCUT2D eigenvalue weighted by molar-refractivity contribution is -0.123. The van der Waals surface area contributed by atoms with Crippen LogP contribution in [0.3, 0.4) is 0 Å². The first kappa shape index (κ1) is 17.9. The monoisotopic (exact) mass is 353 g/mol. The number of esters is 1. The maximum atomic E-state index is 13.0. The molecule has 0 spiro atoms. The number of halogens is 2. The lowest BCUT2D eigenvalue weighted by Gasteiger charge is -2.14. The van der Waals surface area contributed by atoms with Gasteiger partial charge in [0.15, 0.2) is 6.10 Å². The molecule has 2 aromatic rings. The molecular weight excluding hydrogens is 337 g/mol. The van der Waals surface area contributed by atoms with Gasteiger partial charge in [0.25, 0.3) is 5.91 Å². The van der Waals surface area contributed by atoms with Crippen LogP contribution >= 0.6 is 11.6 Å². The van der Waals surface area contributed by atoms with Crippen LogP contribution in [0.1, 0.15) is 28.7 Å². The molecule has 1 aromatic carbocycles. The van der Waals surface area contributed by atoms with Crippen molar-refractivity contribution < 1.29 is 18.7 Å². The molecular formula is C16H17ClFN3O3. The third kappa shape index (κ3) is 3.73. The van der Waals surface area contributed by atoms with Crippen molar-refractivity contribution in [2.75, 3.05) is 5.32 Å². The summed E-state index contributed by atoms with van der Waals surface area (Å²) in [5.74, 6) is -1.87. The zero-order chi connectivity index (χ0) is 18.0. The van der Waals surface area contributed by atoms with Crippen LogP contribution in [0.5, 0.6) is 0 Å². The van der Waals surface area contributed by atoms with Crippen molar-refractivity contribution in [2.45, 2.75) is 26.9 Å². The first-order chi connectivity index (χ1) is 11.2. The highest BCUT2D eigenvalue weighted by molar-refractivity contribution is 6.33. The largest absolute Gasteiger partial charge is 0.449 e. The van der Waals surface area contributed by atoms with E-state index in [0.717, 1.165) is 17.8 Å². The van der Waals surface area contributed by atoms with Gasteiger partial charge in [0.2, 0.25) is 0 Å². The topological polar surface area (TPSA) is 73.2 Å². The van der Waals surface area contributed by atoms with Crippen molar-refractivity contribution >= 4 is 29.2 Å². The minimum atomic E-state index is -1.06. The van der Waals surface area contributed by atoms with Crippen LogP contribution < -0.4 is 5.32 Å². The summed E-state index contributed by atoms with van der Waals surface area (Å²) in [5.41, 5.74) is 2.00. The highest BCUT2D eigenvalue weighted by Gasteiger charge is 2.22. The Labute approximate surface area is 143 Å². The zero-order valence-electron chi connectivity index (χ0n) is 13.7. The molecule has 24 heavy (non-hydrogen) atoms. The molecule has 6 nitrogen and oxygen atoms in total. The van der Waals surface area contributed by atoms with Gasteiger partial charge in [-0.1, -0.05) is 11.6 Å². The van der Waals surface area contributed by atoms with Crippen molar-refractivity contribution in [1.29, 1.82) is 0 Å².